The van der Waals surface area contributed by atoms with Crippen molar-refractivity contribution in [3.63, 3.8) is 0 Å². The molecule has 0 atom stereocenters. The van der Waals surface area contributed by atoms with Gasteiger partial charge >= 0.3 is 0 Å². The minimum Gasteiger partial charge on any atom is -0.384 e. The molecule has 5 nitrogen and oxygen atoms in total. The molecule has 0 saturated carbocycles. The second-order valence-corrected chi connectivity index (χ2v) is 4.89. The van der Waals surface area contributed by atoms with Crippen LogP contribution in [0.2, 0.25) is 0 Å². The van der Waals surface area contributed by atoms with Crippen molar-refractivity contribution in [1.29, 1.82) is 0 Å². The van der Waals surface area contributed by atoms with Crippen LogP contribution in [0.5, 0.6) is 0 Å². The highest BCUT2D eigenvalue weighted by Crippen LogP contribution is 2.04. The summed E-state index contributed by atoms with van der Waals surface area (Å²) in [6.07, 6.45) is 0. The van der Waals surface area contributed by atoms with E-state index in [1.165, 1.54) is 7.05 Å². The van der Waals surface area contributed by atoms with E-state index >= 15 is 0 Å². The van der Waals surface area contributed by atoms with Crippen LogP contribution in [0.15, 0.2) is 24.3 Å². The molecule has 1 aromatic rings. The zero-order valence-electron chi connectivity index (χ0n) is 9.40. The standard InChI is InChI=1S/C11H14N2O3S/c1-12-17(15,16)13-9-11-5-2-4-10(8-11)6-3-7-14/h2,4-5,8,12-14H,7,9H2,1H3. The largest absolute Gasteiger partial charge is 0.384 e. The summed E-state index contributed by atoms with van der Waals surface area (Å²) in [7, 11) is -2.08. The van der Waals surface area contributed by atoms with Crippen LogP contribution in [0.4, 0.5) is 0 Å². The van der Waals surface area contributed by atoms with E-state index in [9.17, 15) is 8.42 Å². The Labute approximate surface area is 101 Å². The van der Waals surface area contributed by atoms with Crippen LogP contribution in [-0.2, 0) is 16.8 Å². The summed E-state index contributed by atoms with van der Waals surface area (Å²) >= 11 is 0. The first-order chi connectivity index (χ1) is 8.07. The lowest BCUT2D eigenvalue weighted by molar-refractivity contribution is 0.350. The Balaban J connectivity index is 2.73. The fourth-order valence-corrected chi connectivity index (χ4v) is 1.65. The molecule has 1 aromatic carbocycles. The maximum absolute atomic E-state index is 11.1. The molecular formula is C11H14N2O3S. The lowest BCUT2D eigenvalue weighted by Gasteiger charge is -2.05. The quantitative estimate of drug-likeness (QED) is 0.639. The second-order valence-electron chi connectivity index (χ2n) is 3.19. The molecule has 92 valence electrons. The van der Waals surface area contributed by atoms with Crippen LogP contribution < -0.4 is 9.44 Å². The molecule has 0 radical (unpaired) electrons. The first-order valence-electron chi connectivity index (χ1n) is 4.94. The van der Waals surface area contributed by atoms with E-state index in [4.69, 9.17) is 5.11 Å². The van der Waals surface area contributed by atoms with Crippen LogP contribution in [0.25, 0.3) is 0 Å². The minimum atomic E-state index is -3.42. The number of benzene rings is 1. The average molecular weight is 254 g/mol. The van der Waals surface area contributed by atoms with Gasteiger partial charge in [0.05, 0.1) is 0 Å². The van der Waals surface area contributed by atoms with E-state index in [0.29, 0.717) is 0 Å². The smallest absolute Gasteiger partial charge is 0.276 e. The molecule has 0 saturated heterocycles. The number of aliphatic hydroxyl groups is 1. The van der Waals surface area contributed by atoms with Gasteiger partial charge in [-0.15, -0.1) is 0 Å². The fraction of sp³-hybridized carbons (Fsp3) is 0.273. The summed E-state index contributed by atoms with van der Waals surface area (Å²) in [6.45, 7) is -0.00553. The van der Waals surface area contributed by atoms with Crippen molar-refractivity contribution in [3.05, 3.63) is 35.4 Å². The number of hydrogen-bond acceptors (Lipinski definition) is 3. The van der Waals surface area contributed by atoms with Gasteiger partial charge in [0.1, 0.15) is 6.61 Å². The van der Waals surface area contributed by atoms with E-state index < -0.39 is 10.2 Å². The third-order valence-corrected chi connectivity index (χ3v) is 3.04. The lowest BCUT2D eigenvalue weighted by atomic mass is 10.1. The van der Waals surface area contributed by atoms with Gasteiger partial charge in [-0.1, -0.05) is 24.0 Å². The zero-order valence-corrected chi connectivity index (χ0v) is 10.2. The first kappa shape index (κ1) is 13.7. The van der Waals surface area contributed by atoms with Crippen molar-refractivity contribution >= 4 is 10.2 Å². The van der Waals surface area contributed by atoms with Gasteiger partial charge in [0.15, 0.2) is 0 Å². The highest BCUT2D eigenvalue weighted by Gasteiger charge is 2.04. The van der Waals surface area contributed by atoms with Gasteiger partial charge in [-0.2, -0.15) is 13.1 Å². The van der Waals surface area contributed by atoms with Crippen molar-refractivity contribution < 1.29 is 13.5 Å². The van der Waals surface area contributed by atoms with Crippen molar-refractivity contribution in [1.82, 2.24) is 9.44 Å². The van der Waals surface area contributed by atoms with Crippen LogP contribution in [-0.4, -0.2) is 27.2 Å². The van der Waals surface area contributed by atoms with Crippen LogP contribution >= 0.6 is 0 Å². The van der Waals surface area contributed by atoms with Crippen LogP contribution in [0, 0.1) is 11.8 Å². The Kier molecular flexibility index (Phi) is 5.12. The monoisotopic (exact) mass is 254 g/mol. The Morgan fingerprint density at radius 1 is 1.41 bits per heavy atom. The molecule has 0 aliphatic carbocycles. The molecule has 0 unspecified atom stereocenters. The predicted octanol–water partition coefficient (Wildman–Crippen LogP) is -0.416. The SMILES string of the molecule is CNS(=O)(=O)NCc1cccc(C#CCO)c1. The van der Waals surface area contributed by atoms with Gasteiger partial charge in [-0.05, 0) is 17.7 Å². The number of hydrogen-bond donors (Lipinski definition) is 3. The Hall–Kier alpha value is -1.39. The topological polar surface area (TPSA) is 78.4 Å². The molecule has 0 aliphatic rings. The molecule has 0 fully saturated rings. The van der Waals surface area contributed by atoms with Crippen molar-refractivity contribution in [3.8, 4) is 11.8 Å². The van der Waals surface area contributed by atoms with Crippen molar-refractivity contribution in [2.45, 2.75) is 6.54 Å². The number of aliphatic hydroxyl groups excluding tert-OH is 1. The second kappa shape index (κ2) is 6.37. The van der Waals surface area contributed by atoms with Crippen molar-refractivity contribution in [2.75, 3.05) is 13.7 Å². The summed E-state index contributed by atoms with van der Waals surface area (Å²) in [5.74, 6) is 5.28. The third kappa shape index (κ3) is 4.97. The van der Waals surface area contributed by atoms with E-state index in [1.54, 1.807) is 24.3 Å². The summed E-state index contributed by atoms with van der Waals surface area (Å²) < 4.78 is 26.8. The molecule has 17 heavy (non-hydrogen) atoms. The van der Waals surface area contributed by atoms with E-state index in [2.05, 4.69) is 21.3 Å². The van der Waals surface area contributed by atoms with Crippen molar-refractivity contribution in [2.24, 2.45) is 0 Å². The van der Waals surface area contributed by atoms with E-state index in [1.807, 2.05) is 0 Å². The normalized spacial score (nSPS) is 10.7. The van der Waals surface area contributed by atoms with E-state index in [-0.39, 0.29) is 13.2 Å². The Morgan fingerprint density at radius 2 is 2.18 bits per heavy atom. The highest BCUT2D eigenvalue weighted by atomic mass is 32.2. The summed E-state index contributed by atoms with van der Waals surface area (Å²) in [5, 5.41) is 8.57. The highest BCUT2D eigenvalue weighted by molar-refractivity contribution is 7.87. The maximum Gasteiger partial charge on any atom is 0.276 e. The van der Waals surface area contributed by atoms with Gasteiger partial charge in [-0.25, -0.2) is 4.72 Å². The molecule has 0 bridgehead atoms. The molecule has 0 amide bonds. The molecule has 0 spiro atoms. The van der Waals surface area contributed by atoms with Crippen LogP contribution in [0.1, 0.15) is 11.1 Å². The number of rotatable bonds is 4. The van der Waals surface area contributed by atoms with E-state index in [0.717, 1.165) is 11.1 Å². The molecule has 1 rings (SSSR count). The predicted molar refractivity (Wildman–Crippen MR) is 65.2 cm³/mol. The Morgan fingerprint density at radius 3 is 2.82 bits per heavy atom. The Bertz CT molecular complexity index is 529. The molecule has 0 heterocycles. The molecule has 0 aromatic heterocycles. The summed E-state index contributed by atoms with van der Waals surface area (Å²) in [5.41, 5.74) is 1.54. The molecule has 6 heteroatoms. The van der Waals surface area contributed by atoms with Gasteiger partial charge in [-0.3, -0.25) is 0 Å². The van der Waals surface area contributed by atoms with Gasteiger partial charge in [0.2, 0.25) is 0 Å². The number of nitrogens with one attached hydrogen (secondary N) is 2. The van der Waals surface area contributed by atoms with Crippen LogP contribution in [0.3, 0.4) is 0 Å². The first-order valence-corrected chi connectivity index (χ1v) is 6.42. The molecule has 3 N–H and O–H groups in total. The minimum absolute atomic E-state index is 0.192. The van der Waals surface area contributed by atoms with Gasteiger partial charge in [0.25, 0.3) is 10.2 Å². The summed E-state index contributed by atoms with van der Waals surface area (Å²) in [4.78, 5) is 0. The lowest BCUT2D eigenvalue weighted by Crippen LogP contribution is -2.33. The molecular weight excluding hydrogens is 240 g/mol. The molecule has 0 aliphatic heterocycles. The zero-order chi connectivity index (χ0) is 12.7. The fourth-order valence-electron chi connectivity index (χ4n) is 1.15. The van der Waals surface area contributed by atoms with Gasteiger partial charge < -0.3 is 5.11 Å². The maximum atomic E-state index is 11.1. The summed E-state index contributed by atoms with van der Waals surface area (Å²) in [6, 6.07) is 7.13. The average Bonchev–Trinajstić information content (AvgIpc) is 2.35. The van der Waals surface area contributed by atoms with Gasteiger partial charge in [0, 0.05) is 19.2 Å². The third-order valence-electron chi connectivity index (χ3n) is 1.97.